The molecule has 2 aliphatic heterocycles. The first-order chi connectivity index (χ1) is 15.1. The van der Waals surface area contributed by atoms with Crippen molar-refractivity contribution < 1.29 is 9.59 Å². The molecule has 6 rings (SSSR count). The van der Waals surface area contributed by atoms with Gasteiger partial charge in [0.05, 0.1) is 23.5 Å². The molecule has 0 spiro atoms. The Bertz CT molecular complexity index is 1020. The van der Waals surface area contributed by atoms with Gasteiger partial charge in [-0.3, -0.25) is 4.79 Å². The zero-order chi connectivity index (χ0) is 21.1. The van der Waals surface area contributed by atoms with Crippen LogP contribution >= 0.6 is 0 Å². The van der Waals surface area contributed by atoms with Crippen LogP contribution in [0.3, 0.4) is 0 Å². The van der Waals surface area contributed by atoms with Crippen molar-refractivity contribution in [1.29, 1.82) is 0 Å². The average Bonchev–Trinajstić information content (AvgIpc) is 3.21. The van der Waals surface area contributed by atoms with Gasteiger partial charge in [-0.25, -0.2) is 9.48 Å². The summed E-state index contributed by atoms with van der Waals surface area (Å²) in [4.78, 5) is 30.2. The fraction of sp³-hybridized carbons (Fsp3) is 0.542. The third-order valence-corrected chi connectivity index (χ3v) is 7.43. The number of likely N-dealkylation sites (tertiary alicyclic amines) is 1. The Balaban J connectivity index is 1.24. The smallest absolute Gasteiger partial charge is 0.317 e. The summed E-state index contributed by atoms with van der Waals surface area (Å²) >= 11 is 0. The molecule has 3 heterocycles. The van der Waals surface area contributed by atoms with Crippen molar-refractivity contribution in [2.45, 2.75) is 63.6 Å². The third-order valence-electron chi connectivity index (χ3n) is 7.43. The number of fused-ring (bicyclic) bond motifs is 1. The number of carbonyl (C=O) groups is 2. The molecule has 1 N–H and O–H groups in total. The van der Waals surface area contributed by atoms with E-state index in [2.05, 4.69) is 10.2 Å². The van der Waals surface area contributed by atoms with Gasteiger partial charge in [0.15, 0.2) is 0 Å². The number of benzene rings is 1. The van der Waals surface area contributed by atoms with Crippen LogP contribution in [0.1, 0.15) is 66.3 Å². The highest BCUT2D eigenvalue weighted by molar-refractivity contribution is 5.99. The van der Waals surface area contributed by atoms with Crippen LogP contribution in [-0.4, -0.2) is 56.7 Å². The van der Waals surface area contributed by atoms with E-state index in [-0.39, 0.29) is 24.0 Å². The van der Waals surface area contributed by atoms with E-state index in [0.29, 0.717) is 25.0 Å². The second kappa shape index (κ2) is 7.11. The molecule has 7 heteroatoms. The van der Waals surface area contributed by atoms with Gasteiger partial charge in [0.2, 0.25) is 0 Å². The number of hydrogen-bond donors (Lipinski definition) is 1. The number of nitrogens with one attached hydrogen (secondary N) is 1. The highest BCUT2D eigenvalue weighted by Gasteiger charge is 2.53. The molecule has 1 atom stereocenters. The summed E-state index contributed by atoms with van der Waals surface area (Å²) in [5.41, 5.74) is 3.68. The molecule has 31 heavy (non-hydrogen) atoms. The normalized spacial score (nSPS) is 23.9. The Morgan fingerprint density at radius 3 is 2.45 bits per heavy atom. The quantitative estimate of drug-likeness (QED) is 0.826. The van der Waals surface area contributed by atoms with Crippen LogP contribution in [0.25, 0.3) is 5.69 Å². The molecule has 3 amide bonds. The number of aromatic nitrogens is 2. The first-order valence-electron chi connectivity index (χ1n) is 11.6. The monoisotopic (exact) mass is 419 g/mol. The zero-order valence-electron chi connectivity index (χ0n) is 18.0. The van der Waals surface area contributed by atoms with Crippen molar-refractivity contribution >= 4 is 11.9 Å². The SMILES string of the molecule is Cc1nn(-c2ccccc2)c2c1C(C1CC1)N(C1CN(C(=O)NC3CCCC3)C1)C2=O. The van der Waals surface area contributed by atoms with Crippen LogP contribution in [0.15, 0.2) is 30.3 Å². The van der Waals surface area contributed by atoms with Crippen molar-refractivity contribution in [2.75, 3.05) is 13.1 Å². The van der Waals surface area contributed by atoms with Gasteiger partial charge in [0.25, 0.3) is 5.91 Å². The predicted octanol–water partition coefficient (Wildman–Crippen LogP) is 3.42. The maximum absolute atomic E-state index is 13.7. The van der Waals surface area contributed by atoms with Crippen LogP contribution in [0.2, 0.25) is 0 Å². The van der Waals surface area contributed by atoms with Gasteiger partial charge >= 0.3 is 6.03 Å². The zero-order valence-corrected chi connectivity index (χ0v) is 18.0. The summed E-state index contributed by atoms with van der Waals surface area (Å²) in [5.74, 6) is 0.580. The molecule has 3 fully saturated rings. The minimum absolute atomic E-state index is 0.0296. The first-order valence-corrected chi connectivity index (χ1v) is 11.6. The average molecular weight is 420 g/mol. The number of aryl methyl sites for hydroxylation is 1. The third kappa shape index (κ3) is 3.05. The van der Waals surface area contributed by atoms with E-state index in [1.165, 1.54) is 12.8 Å². The van der Waals surface area contributed by atoms with Gasteiger partial charge in [0, 0.05) is 24.7 Å². The van der Waals surface area contributed by atoms with E-state index >= 15 is 0 Å². The number of rotatable bonds is 4. The van der Waals surface area contributed by atoms with Gasteiger partial charge < -0.3 is 15.1 Å². The minimum atomic E-state index is 0.0296. The Kier molecular flexibility index (Phi) is 4.33. The molecule has 162 valence electrons. The van der Waals surface area contributed by atoms with Gasteiger partial charge in [0.1, 0.15) is 5.69 Å². The van der Waals surface area contributed by atoms with E-state index in [1.54, 1.807) is 0 Å². The van der Waals surface area contributed by atoms with E-state index in [9.17, 15) is 9.59 Å². The van der Waals surface area contributed by atoms with Crippen LogP contribution in [0, 0.1) is 12.8 Å². The van der Waals surface area contributed by atoms with Crippen LogP contribution in [0.4, 0.5) is 4.79 Å². The lowest BCUT2D eigenvalue weighted by atomic mass is 10.00. The van der Waals surface area contributed by atoms with Crippen LogP contribution < -0.4 is 5.32 Å². The predicted molar refractivity (Wildman–Crippen MR) is 116 cm³/mol. The lowest BCUT2D eigenvalue weighted by Crippen LogP contribution is -2.64. The van der Waals surface area contributed by atoms with Crippen molar-refractivity contribution in [3.63, 3.8) is 0 Å². The van der Waals surface area contributed by atoms with Gasteiger partial charge in [-0.05, 0) is 50.7 Å². The topological polar surface area (TPSA) is 70.5 Å². The van der Waals surface area contributed by atoms with Crippen molar-refractivity contribution in [3.05, 3.63) is 47.3 Å². The largest absolute Gasteiger partial charge is 0.335 e. The maximum Gasteiger partial charge on any atom is 0.317 e. The summed E-state index contributed by atoms with van der Waals surface area (Å²) in [7, 11) is 0. The molecular weight excluding hydrogens is 390 g/mol. The Morgan fingerprint density at radius 1 is 1.06 bits per heavy atom. The summed E-state index contributed by atoms with van der Waals surface area (Å²) in [6.45, 7) is 3.26. The van der Waals surface area contributed by atoms with Gasteiger partial charge in [-0.1, -0.05) is 31.0 Å². The molecule has 2 saturated carbocycles. The lowest BCUT2D eigenvalue weighted by Gasteiger charge is -2.46. The summed E-state index contributed by atoms with van der Waals surface area (Å²) in [6.07, 6.45) is 6.89. The molecule has 0 radical (unpaired) electrons. The summed E-state index contributed by atoms with van der Waals surface area (Å²) in [5, 5.41) is 7.92. The van der Waals surface area contributed by atoms with E-state index in [1.807, 2.05) is 46.8 Å². The molecule has 1 unspecified atom stereocenters. The number of para-hydroxylation sites is 1. The van der Waals surface area contributed by atoms with Gasteiger partial charge in [-0.15, -0.1) is 0 Å². The molecule has 1 aromatic carbocycles. The number of urea groups is 1. The fourth-order valence-electron chi connectivity index (χ4n) is 5.64. The Morgan fingerprint density at radius 2 is 1.77 bits per heavy atom. The van der Waals surface area contributed by atoms with Crippen molar-refractivity contribution in [2.24, 2.45) is 5.92 Å². The number of carbonyl (C=O) groups excluding carboxylic acids is 2. The molecule has 2 aliphatic carbocycles. The molecule has 7 nitrogen and oxygen atoms in total. The summed E-state index contributed by atoms with van der Waals surface area (Å²) < 4.78 is 1.83. The lowest BCUT2D eigenvalue weighted by molar-refractivity contribution is 0.0238. The van der Waals surface area contributed by atoms with E-state index < -0.39 is 0 Å². The van der Waals surface area contributed by atoms with Crippen LogP contribution in [-0.2, 0) is 0 Å². The van der Waals surface area contributed by atoms with E-state index in [4.69, 9.17) is 5.10 Å². The molecule has 1 saturated heterocycles. The fourth-order valence-corrected chi connectivity index (χ4v) is 5.64. The Labute approximate surface area is 182 Å². The first kappa shape index (κ1) is 18.9. The van der Waals surface area contributed by atoms with Gasteiger partial charge in [-0.2, -0.15) is 5.10 Å². The van der Waals surface area contributed by atoms with Crippen molar-refractivity contribution in [3.8, 4) is 5.69 Å². The Hall–Kier alpha value is -2.83. The maximum atomic E-state index is 13.7. The molecule has 2 aromatic rings. The van der Waals surface area contributed by atoms with Crippen LogP contribution in [0.5, 0.6) is 0 Å². The minimum Gasteiger partial charge on any atom is -0.335 e. The molecular formula is C24H29N5O2. The molecule has 0 bridgehead atoms. The van der Waals surface area contributed by atoms with E-state index in [0.717, 1.165) is 48.3 Å². The summed E-state index contributed by atoms with van der Waals surface area (Å²) in [6, 6.07) is 10.4. The number of nitrogens with zero attached hydrogens (tertiary/aromatic N) is 4. The number of hydrogen-bond acceptors (Lipinski definition) is 3. The molecule has 1 aromatic heterocycles. The highest BCUT2D eigenvalue weighted by Crippen LogP contribution is 2.52. The second-order valence-corrected chi connectivity index (χ2v) is 9.58. The standard InChI is InChI=1S/C24H29N5O2/c1-15-20-21(16-11-12-16)28(19-13-27(14-19)24(31)25-17-7-5-6-8-17)23(30)22(20)29(26-15)18-9-3-2-4-10-18/h2-4,9-10,16-17,19,21H,5-8,11-14H2,1H3,(H,25,31). The number of amides is 3. The highest BCUT2D eigenvalue weighted by atomic mass is 16.2. The second-order valence-electron chi connectivity index (χ2n) is 9.58. The molecule has 4 aliphatic rings. The van der Waals surface area contributed by atoms with Crippen molar-refractivity contribution in [1.82, 2.24) is 24.9 Å².